The van der Waals surface area contributed by atoms with Crippen LogP contribution in [0.2, 0.25) is 0 Å². The van der Waals surface area contributed by atoms with E-state index in [1.54, 1.807) is 6.07 Å². The minimum atomic E-state index is -4.41. The molecule has 0 aliphatic carbocycles. The predicted octanol–water partition coefficient (Wildman–Crippen LogP) is 4.21. The van der Waals surface area contributed by atoms with Gasteiger partial charge in [0.25, 0.3) is 5.91 Å². The highest BCUT2D eigenvalue weighted by Crippen LogP contribution is 2.30. The smallest absolute Gasteiger partial charge is 0.416 e. The highest BCUT2D eigenvalue weighted by atomic mass is 19.4. The van der Waals surface area contributed by atoms with E-state index in [-0.39, 0.29) is 12.4 Å². The number of aryl methyl sites for hydroxylation is 1. The summed E-state index contributed by atoms with van der Waals surface area (Å²) in [4.78, 5) is 19.1. The molecule has 2 heterocycles. The Morgan fingerprint density at radius 3 is 2.50 bits per heavy atom. The molecule has 1 fully saturated rings. The Hall–Kier alpha value is -3.23. The third-order valence-electron chi connectivity index (χ3n) is 5.08. The second-order valence-electron chi connectivity index (χ2n) is 7.23. The lowest BCUT2D eigenvalue weighted by molar-refractivity contribution is -0.137. The topological polar surface area (TPSA) is 59.4 Å². The number of aromatic nitrogens is 2. The molecule has 0 spiro atoms. The predicted molar refractivity (Wildman–Crippen MR) is 108 cm³/mol. The third-order valence-corrected chi connectivity index (χ3v) is 5.08. The number of rotatable bonds is 5. The van der Waals surface area contributed by atoms with E-state index >= 15 is 0 Å². The molecule has 158 valence electrons. The number of nitrogens with zero attached hydrogens (tertiary/aromatic N) is 3. The molecule has 0 radical (unpaired) electrons. The summed E-state index contributed by atoms with van der Waals surface area (Å²) in [6, 6.07) is 9.68. The molecule has 1 amide bonds. The van der Waals surface area contributed by atoms with Crippen molar-refractivity contribution in [2.75, 3.05) is 29.9 Å². The number of carbonyl (C=O) groups excluding carboxylic acids is 1. The molecule has 6 nitrogen and oxygen atoms in total. The molecule has 1 aliphatic heterocycles. The first kappa shape index (κ1) is 20.1. The van der Waals surface area contributed by atoms with Crippen LogP contribution in [0, 0.1) is 0 Å². The van der Waals surface area contributed by atoms with Crippen molar-refractivity contribution in [3.8, 4) is 5.75 Å². The van der Waals surface area contributed by atoms with E-state index in [0.717, 1.165) is 55.0 Å². The molecule has 4 rings (SSSR count). The molecule has 0 saturated carbocycles. The summed E-state index contributed by atoms with van der Waals surface area (Å²) in [6.07, 6.45) is -2.10. The van der Waals surface area contributed by atoms with Gasteiger partial charge >= 0.3 is 6.18 Å². The second-order valence-corrected chi connectivity index (χ2v) is 7.23. The van der Waals surface area contributed by atoms with E-state index in [0.29, 0.717) is 5.69 Å². The molecule has 1 aromatic heterocycles. The van der Waals surface area contributed by atoms with E-state index in [2.05, 4.69) is 15.2 Å². The molecule has 0 bridgehead atoms. The summed E-state index contributed by atoms with van der Waals surface area (Å²) in [7, 11) is 1.95. The summed E-state index contributed by atoms with van der Waals surface area (Å²) in [5, 5.41) is 2.75. The van der Waals surface area contributed by atoms with Crippen molar-refractivity contribution in [2.24, 2.45) is 7.05 Å². The van der Waals surface area contributed by atoms with Crippen molar-refractivity contribution in [3.63, 3.8) is 0 Å². The van der Waals surface area contributed by atoms with Crippen LogP contribution in [0.4, 0.5) is 24.8 Å². The molecule has 30 heavy (non-hydrogen) atoms. The average molecular weight is 418 g/mol. The summed E-state index contributed by atoms with van der Waals surface area (Å²) in [5.41, 5.74) is 1.58. The molecule has 2 aromatic carbocycles. The number of fused-ring (bicyclic) bond motifs is 1. The van der Waals surface area contributed by atoms with Crippen LogP contribution >= 0.6 is 0 Å². The fraction of sp³-hybridized carbons (Fsp3) is 0.333. The van der Waals surface area contributed by atoms with Gasteiger partial charge in [0.05, 0.1) is 16.6 Å². The van der Waals surface area contributed by atoms with E-state index in [9.17, 15) is 18.0 Å². The minimum Gasteiger partial charge on any atom is -0.484 e. The third kappa shape index (κ3) is 4.19. The lowest BCUT2D eigenvalue weighted by Gasteiger charge is -2.16. The number of halogens is 3. The number of carbonyl (C=O) groups is 1. The normalized spacial score (nSPS) is 14.3. The Kier molecular flexibility index (Phi) is 5.27. The maximum Gasteiger partial charge on any atom is 0.416 e. The van der Waals surface area contributed by atoms with Crippen molar-refractivity contribution < 1.29 is 22.7 Å². The van der Waals surface area contributed by atoms with Crippen molar-refractivity contribution >= 4 is 28.6 Å². The van der Waals surface area contributed by atoms with Crippen LogP contribution in [0.15, 0.2) is 42.5 Å². The summed E-state index contributed by atoms with van der Waals surface area (Å²) >= 11 is 0. The first-order valence-electron chi connectivity index (χ1n) is 9.62. The van der Waals surface area contributed by atoms with Gasteiger partial charge in [-0.05, 0) is 55.3 Å². The van der Waals surface area contributed by atoms with E-state index < -0.39 is 17.6 Å². The van der Waals surface area contributed by atoms with Gasteiger partial charge in [-0.15, -0.1) is 0 Å². The van der Waals surface area contributed by atoms with Gasteiger partial charge in [0.1, 0.15) is 5.75 Å². The van der Waals surface area contributed by atoms with Crippen LogP contribution in [0.3, 0.4) is 0 Å². The maximum absolute atomic E-state index is 12.6. The summed E-state index contributed by atoms with van der Waals surface area (Å²) < 4.78 is 45.1. The molecule has 0 atom stereocenters. The Labute approximate surface area is 171 Å². The zero-order chi connectivity index (χ0) is 21.3. The first-order valence-corrected chi connectivity index (χ1v) is 9.62. The molecular weight excluding hydrogens is 397 g/mol. The van der Waals surface area contributed by atoms with E-state index in [1.165, 1.54) is 12.1 Å². The van der Waals surface area contributed by atoms with Crippen molar-refractivity contribution in [3.05, 3.63) is 48.0 Å². The van der Waals surface area contributed by atoms with Gasteiger partial charge in [-0.25, -0.2) is 4.98 Å². The Morgan fingerprint density at radius 1 is 1.13 bits per heavy atom. The number of ether oxygens (including phenoxy) is 1. The van der Waals surface area contributed by atoms with Crippen LogP contribution in [-0.4, -0.2) is 35.2 Å². The zero-order valence-electron chi connectivity index (χ0n) is 16.4. The Morgan fingerprint density at radius 2 is 1.83 bits per heavy atom. The average Bonchev–Trinajstić information content (AvgIpc) is 3.34. The molecule has 0 unspecified atom stereocenters. The Bertz CT molecular complexity index is 1050. The quantitative estimate of drug-likeness (QED) is 0.675. The number of amides is 1. The summed E-state index contributed by atoms with van der Waals surface area (Å²) in [6.45, 7) is 1.66. The fourth-order valence-electron chi connectivity index (χ4n) is 3.54. The SMILES string of the molecule is Cn1c(N2CCCC2)nc2ccc(NC(=O)COc3ccc(C(F)(F)F)cc3)cc21. The molecule has 9 heteroatoms. The van der Waals surface area contributed by atoms with Crippen LogP contribution in [0.1, 0.15) is 18.4 Å². The number of hydrogen-bond acceptors (Lipinski definition) is 4. The zero-order valence-corrected chi connectivity index (χ0v) is 16.4. The summed E-state index contributed by atoms with van der Waals surface area (Å²) in [5.74, 6) is 0.697. The number of nitrogens with one attached hydrogen (secondary N) is 1. The molecule has 1 aliphatic rings. The van der Waals surface area contributed by atoms with Crippen LogP contribution in [-0.2, 0) is 18.0 Å². The van der Waals surface area contributed by atoms with Gasteiger partial charge in [0.15, 0.2) is 6.61 Å². The van der Waals surface area contributed by atoms with Crippen LogP contribution in [0.25, 0.3) is 11.0 Å². The number of hydrogen-bond donors (Lipinski definition) is 1. The highest BCUT2D eigenvalue weighted by Gasteiger charge is 2.30. The monoisotopic (exact) mass is 418 g/mol. The van der Waals surface area contributed by atoms with Crippen molar-refractivity contribution in [1.29, 1.82) is 0 Å². The van der Waals surface area contributed by atoms with Crippen LogP contribution < -0.4 is 15.0 Å². The largest absolute Gasteiger partial charge is 0.484 e. The Balaban J connectivity index is 1.40. The second kappa shape index (κ2) is 7.89. The van der Waals surface area contributed by atoms with Gasteiger partial charge < -0.3 is 19.5 Å². The fourth-order valence-corrected chi connectivity index (χ4v) is 3.54. The first-order chi connectivity index (χ1) is 14.3. The van der Waals surface area contributed by atoms with Gasteiger partial charge in [-0.3, -0.25) is 4.79 Å². The lowest BCUT2D eigenvalue weighted by atomic mass is 10.2. The van der Waals surface area contributed by atoms with Crippen molar-refractivity contribution in [1.82, 2.24) is 9.55 Å². The molecule has 1 saturated heterocycles. The number of benzene rings is 2. The number of imidazole rings is 1. The van der Waals surface area contributed by atoms with Crippen LogP contribution in [0.5, 0.6) is 5.75 Å². The minimum absolute atomic E-state index is 0.190. The number of alkyl halides is 3. The van der Waals surface area contributed by atoms with E-state index in [4.69, 9.17) is 4.74 Å². The molecule has 3 aromatic rings. The van der Waals surface area contributed by atoms with Gasteiger partial charge in [-0.2, -0.15) is 13.2 Å². The highest BCUT2D eigenvalue weighted by molar-refractivity contribution is 5.94. The lowest BCUT2D eigenvalue weighted by Crippen LogP contribution is -2.21. The molecular formula is C21H21F3N4O2. The van der Waals surface area contributed by atoms with Gasteiger partial charge in [0.2, 0.25) is 5.95 Å². The van der Waals surface area contributed by atoms with Crippen molar-refractivity contribution in [2.45, 2.75) is 19.0 Å². The standard InChI is InChI=1S/C21H21F3N4O2/c1-27-18-12-15(6-9-17(18)26-20(27)28-10-2-3-11-28)25-19(29)13-30-16-7-4-14(5-8-16)21(22,23)24/h4-9,12H,2-3,10-11,13H2,1H3,(H,25,29). The van der Waals surface area contributed by atoms with E-state index in [1.807, 2.05) is 23.7 Å². The molecule has 1 N–H and O–H groups in total. The van der Waals surface area contributed by atoms with Gasteiger partial charge in [0, 0.05) is 25.8 Å². The van der Waals surface area contributed by atoms with Gasteiger partial charge in [-0.1, -0.05) is 0 Å². The number of anilines is 2. The maximum atomic E-state index is 12.6.